The molecule has 4 heteroatoms. The van der Waals surface area contributed by atoms with Crippen molar-refractivity contribution in [3.05, 3.63) is 35.9 Å². The van der Waals surface area contributed by atoms with E-state index in [2.05, 4.69) is 18.9 Å². The molecule has 4 nitrogen and oxygen atoms in total. The van der Waals surface area contributed by atoms with Crippen molar-refractivity contribution < 1.29 is 9.53 Å². The Labute approximate surface area is 120 Å². The second kappa shape index (κ2) is 6.57. The molecular formula is C16H22N2O2. The van der Waals surface area contributed by atoms with Gasteiger partial charge in [-0.25, -0.2) is 0 Å². The third-order valence-electron chi connectivity index (χ3n) is 3.63. The lowest BCUT2D eigenvalue weighted by atomic mass is 10.1. The Balaban J connectivity index is 2.01. The van der Waals surface area contributed by atoms with Crippen molar-refractivity contribution in [3.8, 4) is 5.75 Å². The zero-order chi connectivity index (χ0) is 14.5. The van der Waals surface area contributed by atoms with Gasteiger partial charge in [0, 0.05) is 31.8 Å². The fourth-order valence-corrected chi connectivity index (χ4v) is 2.48. The molecule has 0 saturated carbocycles. The van der Waals surface area contributed by atoms with E-state index in [9.17, 15) is 4.79 Å². The Morgan fingerprint density at radius 3 is 2.90 bits per heavy atom. The average Bonchev–Trinajstić information content (AvgIpc) is 2.45. The number of ether oxygens (including phenoxy) is 1. The maximum Gasteiger partial charge on any atom is 0.246 e. The summed E-state index contributed by atoms with van der Waals surface area (Å²) in [6, 6.07) is 7.94. The molecule has 1 aromatic rings. The number of nitrogens with zero attached hydrogens (tertiary/aromatic N) is 2. The van der Waals surface area contributed by atoms with Crippen molar-refractivity contribution in [2.75, 3.05) is 33.8 Å². The summed E-state index contributed by atoms with van der Waals surface area (Å²) in [5.74, 6) is 0.876. The Kier molecular flexibility index (Phi) is 4.79. The third-order valence-corrected chi connectivity index (χ3v) is 3.63. The van der Waals surface area contributed by atoms with Crippen LogP contribution in [0.3, 0.4) is 0 Å². The summed E-state index contributed by atoms with van der Waals surface area (Å²) in [6.45, 7) is 4.74. The maximum atomic E-state index is 12.2. The monoisotopic (exact) mass is 274 g/mol. The van der Waals surface area contributed by atoms with E-state index >= 15 is 0 Å². The van der Waals surface area contributed by atoms with Crippen molar-refractivity contribution >= 4 is 12.0 Å². The molecule has 1 aliphatic heterocycles. The lowest BCUT2D eigenvalue weighted by Gasteiger charge is -2.37. The van der Waals surface area contributed by atoms with Crippen LogP contribution in [0.4, 0.5) is 0 Å². The lowest BCUT2D eigenvalue weighted by Crippen LogP contribution is -2.52. The molecule has 0 radical (unpaired) electrons. The predicted octanol–water partition coefficient (Wildman–Crippen LogP) is 1.87. The van der Waals surface area contributed by atoms with Crippen molar-refractivity contribution in [1.82, 2.24) is 9.80 Å². The van der Waals surface area contributed by atoms with Gasteiger partial charge < -0.3 is 14.5 Å². The van der Waals surface area contributed by atoms with E-state index in [1.54, 1.807) is 13.2 Å². The van der Waals surface area contributed by atoms with Gasteiger partial charge in [-0.15, -0.1) is 0 Å². The van der Waals surface area contributed by atoms with E-state index in [1.165, 1.54) is 0 Å². The second-order valence-electron chi connectivity index (χ2n) is 5.25. The lowest BCUT2D eigenvalue weighted by molar-refractivity contribution is -0.130. The molecule has 0 N–H and O–H groups in total. The fourth-order valence-electron chi connectivity index (χ4n) is 2.48. The summed E-state index contributed by atoms with van der Waals surface area (Å²) in [7, 11) is 3.73. The van der Waals surface area contributed by atoms with Crippen LogP contribution in [0.5, 0.6) is 5.75 Å². The minimum Gasteiger partial charge on any atom is -0.497 e. The van der Waals surface area contributed by atoms with Crippen LogP contribution in [0.15, 0.2) is 30.3 Å². The van der Waals surface area contributed by atoms with Gasteiger partial charge in [-0.3, -0.25) is 4.79 Å². The van der Waals surface area contributed by atoms with Crippen LogP contribution in [0, 0.1) is 0 Å². The number of carbonyl (C=O) groups excluding carboxylic acids is 1. The van der Waals surface area contributed by atoms with Gasteiger partial charge in [0.2, 0.25) is 5.91 Å². The number of hydrogen-bond donors (Lipinski definition) is 0. The van der Waals surface area contributed by atoms with Crippen molar-refractivity contribution in [2.45, 2.75) is 13.0 Å². The number of rotatable bonds is 3. The van der Waals surface area contributed by atoms with Gasteiger partial charge in [-0.05, 0) is 37.7 Å². The molecular weight excluding hydrogens is 252 g/mol. The highest BCUT2D eigenvalue weighted by Crippen LogP contribution is 2.14. The standard InChI is InChI=1S/C16H22N2O2/c1-13-12-17(2)9-10-18(13)16(19)8-7-14-5-4-6-15(11-14)20-3/h4-8,11,13H,9-10,12H2,1-3H3/b8-7+. The molecule has 1 saturated heterocycles. The van der Waals surface area contributed by atoms with Gasteiger partial charge in [-0.1, -0.05) is 12.1 Å². The molecule has 0 aromatic heterocycles. The summed E-state index contributed by atoms with van der Waals surface area (Å²) in [5, 5.41) is 0. The number of piperazine rings is 1. The van der Waals surface area contributed by atoms with Crippen LogP contribution < -0.4 is 4.74 Å². The molecule has 0 bridgehead atoms. The van der Waals surface area contributed by atoms with E-state index in [4.69, 9.17) is 4.74 Å². The molecule has 2 rings (SSSR count). The number of likely N-dealkylation sites (N-methyl/N-ethyl adjacent to an activating group) is 1. The van der Waals surface area contributed by atoms with E-state index in [-0.39, 0.29) is 11.9 Å². The van der Waals surface area contributed by atoms with E-state index in [0.29, 0.717) is 0 Å². The highest BCUT2D eigenvalue weighted by Gasteiger charge is 2.23. The first-order valence-corrected chi connectivity index (χ1v) is 6.91. The van der Waals surface area contributed by atoms with E-state index < -0.39 is 0 Å². The largest absolute Gasteiger partial charge is 0.497 e. The van der Waals surface area contributed by atoms with Crippen LogP contribution in [-0.4, -0.2) is 55.5 Å². The number of hydrogen-bond acceptors (Lipinski definition) is 3. The summed E-state index contributed by atoms with van der Waals surface area (Å²) < 4.78 is 5.17. The first-order valence-electron chi connectivity index (χ1n) is 6.91. The van der Waals surface area contributed by atoms with Gasteiger partial charge in [0.05, 0.1) is 7.11 Å². The number of amides is 1. The van der Waals surface area contributed by atoms with Crippen LogP contribution in [-0.2, 0) is 4.79 Å². The summed E-state index contributed by atoms with van der Waals surface area (Å²) in [5.41, 5.74) is 0.972. The molecule has 1 fully saturated rings. The van der Waals surface area contributed by atoms with Gasteiger partial charge in [0.15, 0.2) is 0 Å². The highest BCUT2D eigenvalue weighted by molar-refractivity contribution is 5.92. The molecule has 1 aromatic carbocycles. The second-order valence-corrected chi connectivity index (χ2v) is 5.25. The van der Waals surface area contributed by atoms with Crippen molar-refractivity contribution in [1.29, 1.82) is 0 Å². The minimum absolute atomic E-state index is 0.0772. The number of carbonyl (C=O) groups is 1. The Bertz CT molecular complexity index is 499. The third kappa shape index (κ3) is 3.61. The molecule has 1 aliphatic rings. The molecule has 20 heavy (non-hydrogen) atoms. The number of benzene rings is 1. The molecule has 108 valence electrons. The molecule has 1 atom stereocenters. The Morgan fingerprint density at radius 2 is 2.20 bits per heavy atom. The Hall–Kier alpha value is -1.81. The SMILES string of the molecule is COc1cccc(/C=C/C(=O)N2CCN(C)CC2C)c1. The van der Waals surface area contributed by atoms with Crippen LogP contribution in [0.2, 0.25) is 0 Å². The van der Waals surface area contributed by atoms with Gasteiger partial charge in [0.25, 0.3) is 0 Å². The van der Waals surface area contributed by atoms with Gasteiger partial charge >= 0.3 is 0 Å². The summed E-state index contributed by atoms with van der Waals surface area (Å²) in [6.07, 6.45) is 3.49. The van der Waals surface area contributed by atoms with E-state index in [1.807, 2.05) is 35.2 Å². The Morgan fingerprint density at radius 1 is 1.40 bits per heavy atom. The zero-order valence-corrected chi connectivity index (χ0v) is 12.4. The zero-order valence-electron chi connectivity index (χ0n) is 12.4. The van der Waals surface area contributed by atoms with Crippen LogP contribution >= 0.6 is 0 Å². The molecule has 0 aliphatic carbocycles. The van der Waals surface area contributed by atoms with Gasteiger partial charge in [-0.2, -0.15) is 0 Å². The molecule has 1 amide bonds. The smallest absolute Gasteiger partial charge is 0.246 e. The average molecular weight is 274 g/mol. The van der Waals surface area contributed by atoms with Crippen LogP contribution in [0.25, 0.3) is 6.08 Å². The van der Waals surface area contributed by atoms with E-state index in [0.717, 1.165) is 30.9 Å². The quantitative estimate of drug-likeness (QED) is 0.789. The summed E-state index contributed by atoms with van der Waals surface area (Å²) in [4.78, 5) is 16.4. The molecule has 0 spiro atoms. The van der Waals surface area contributed by atoms with Gasteiger partial charge in [0.1, 0.15) is 5.75 Å². The van der Waals surface area contributed by atoms with Crippen molar-refractivity contribution in [3.63, 3.8) is 0 Å². The fraction of sp³-hybridized carbons (Fsp3) is 0.438. The normalized spacial score (nSPS) is 20.4. The minimum atomic E-state index is 0.0772. The first kappa shape index (κ1) is 14.6. The molecule has 1 unspecified atom stereocenters. The van der Waals surface area contributed by atoms with Crippen LogP contribution in [0.1, 0.15) is 12.5 Å². The predicted molar refractivity (Wildman–Crippen MR) is 80.7 cm³/mol. The first-order chi connectivity index (χ1) is 9.60. The number of methoxy groups -OCH3 is 1. The topological polar surface area (TPSA) is 32.8 Å². The maximum absolute atomic E-state index is 12.2. The van der Waals surface area contributed by atoms with Crippen molar-refractivity contribution in [2.24, 2.45) is 0 Å². The highest BCUT2D eigenvalue weighted by atomic mass is 16.5. The molecule has 1 heterocycles. The summed E-state index contributed by atoms with van der Waals surface area (Å²) >= 11 is 0.